The molecule has 8 heteroatoms. The molecule has 6 nitrogen and oxygen atoms in total. The monoisotopic (exact) mass is 327 g/mol. The summed E-state index contributed by atoms with van der Waals surface area (Å²) in [6.45, 7) is 2.23. The van der Waals surface area contributed by atoms with E-state index in [1.165, 1.54) is 12.1 Å². The molecule has 2 aromatic rings. The first kappa shape index (κ1) is 13.5. The molecular weight excluding hydrogens is 317 g/mol. The lowest BCUT2D eigenvalue weighted by Crippen LogP contribution is -2.06. The Labute approximate surface area is 117 Å². The van der Waals surface area contributed by atoms with Gasteiger partial charge >= 0.3 is 6.01 Å². The van der Waals surface area contributed by atoms with Crippen molar-refractivity contribution >= 4 is 33.5 Å². The van der Waals surface area contributed by atoms with E-state index >= 15 is 0 Å². The zero-order valence-corrected chi connectivity index (χ0v) is 11.6. The molecule has 1 aromatic heterocycles. The largest absolute Gasteiger partial charge is 0.464 e. The maximum absolute atomic E-state index is 13.0. The molecule has 0 aliphatic heterocycles. The lowest BCUT2D eigenvalue weighted by molar-refractivity contribution is 0.312. The second-order valence-corrected chi connectivity index (χ2v) is 4.34. The van der Waals surface area contributed by atoms with Crippen LogP contribution in [0.15, 0.2) is 22.7 Å². The number of nitrogens with one attached hydrogen (secondary N) is 1. The maximum atomic E-state index is 13.0. The van der Waals surface area contributed by atoms with E-state index in [-0.39, 0.29) is 23.7 Å². The van der Waals surface area contributed by atoms with Crippen LogP contribution in [-0.4, -0.2) is 21.6 Å². The van der Waals surface area contributed by atoms with Crippen molar-refractivity contribution in [1.82, 2.24) is 15.0 Å². The van der Waals surface area contributed by atoms with Gasteiger partial charge in [0.2, 0.25) is 11.9 Å². The first-order chi connectivity index (χ1) is 9.08. The van der Waals surface area contributed by atoms with Crippen LogP contribution in [0.1, 0.15) is 6.92 Å². The number of rotatable bonds is 4. The topological polar surface area (TPSA) is 86.0 Å². The molecule has 0 amide bonds. The van der Waals surface area contributed by atoms with Crippen molar-refractivity contribution in [3.05, 3.63) is 28.5 Å². The van der Waals surface area contributed by atoms with Gasteiger partial charge < -0.3 is 15.8 Å². The number of anilines is 3. The summed E-state index contributed by atoms with van der Waals surface area (Å²) < 4.78 is 18.7. The highest BCUT2D eigenvalue weighted by Crippen LogP contribution is 2.25. The highest BCUT2D eigenvalue weighted by atomic mass is 79.9. The molecule has 0 saturated heterocycles. The molecule has 19 heavy (non-hydrogen) atoms. The van der Waals surface area contributed by atoms with Crippen LogP contribution in [0.5, 0.6) is 6.01 Å². The molecule has 0 aliphatic rings. The van der Waals surface area contributed by atoms with Gasteiger partial charge in [0.05, 0.1) is 12.3 Å². The van der Waals surface area contributed by atoms with Gasteiger partial charge in [-0.2, -0.15) is 15.0 Å². The Morgan fingerprint density at radius 3 is 2.84 bits per heavy atom. The van der Waals surface area contributed by atoms with Gasteiger partial charge in [-0.1, -0.05) is 0 Å². The molecule has 0 saturated carbocycles. The number of hydrogen-bond donors (Lipinski definition) is 2. The molecule has 0 radical (unpaired) electrons. The van der Waals surface area contributed by atoms with E-state index in [2.05, 4.69) is 36.2 Å². The molecule has 0 fully saturated rings. The summed E-state index contributed by atoms with van der Waals surface area (Å²) in [7, 11) is 0. The lowest BCUT2D eigenvalue weighted by Gasteiger charge is -2.08. The fourth-order valence-corrected chi connectivity index (χ4v) is 1.78. The Hall–Kier alpha value is -1.96. The summed E-state index contributed by atoms with van der Waals surface area (Å²) in [5.74, 6) is -0.0787. The molecule has 100 valence electrons. The quantitative estimate of drug-likeness (QED) is 0.897. The highest BCUT2D eigenvalue weighted by molar-refractivity contribution is 9.10. The van der Waals surface area contributed by atoms with Crippen LogP contribution < -0.4 is 15.8 Å². The van der Waals surface area contributed by atoms with Gasteiger partial charge in [0.25, 0.3) is 0 Å². The molecule has 0 spiro atoms. The van der Waals surface area contributed by atoms with Crippen LogP contribution in [0.25, 0.3) is 0 Å². The first-order valence-electron chi connectivity index (χ1n) is 5.45. The van der Waals surface area contributed by atoms with Crippen LogP contribution in [-0.2, 0) is 0 Å². The second-order valence-electron chi connectivity index (χ2n) is 3.48. The van der Waals surface area contributed by atoms with E-state index in [1.54, 1.807) is 6.07 Å². The molecule has 0 aliphatic carbocycles. The predicted molar refractivity (Wildman–Crippen MR) is 72.8 cm³/mol. The smallest absolute Gasteiger partial charge is 0.323 e. The molecule has 3 N–H and O–H groups in total. The van der Waals surface area contributed by atoms with Crippen molar-refractivity contribution in [3.8, 4) is 6.01 Å². The van der Waals surface area contributed by atoms with Crippen LogP contribution in [0.4, 0.5) is 22.0 Å². The summed E-state index contributed by atoms with van der Waals surface area (Å²) in [6, 6.07) is 4.34. The fourth-order valence-electron chi connectivity index (χ4n) is 1.33. The zero-order chi connectivity index (χ0) is 13.8. The molecular formula is C11H11BrFN5O. The second kappa shape index (κ2) is 5.79. The number of nitrogens with zero attached hydrogens (tertiary/aromatic N) is 3. The van der Waals surface area contributed by atoms with Crippen molar-refractivity contribution in [2.75, 3.05) is 17.7 Å². The van der Waals surface area contributed by atoms with E-state index in [0.717, 1.165) is 0 Å². The van der Waals surface area contributed by atoms with Gasteiger partial charge in [-0.3, -0.25) is 0 Å². The summed E-state index contributed by atoms with van der Waals surface area (Å²) in [4.78, 5) is 11.8. The number of hydrogen-bond acceptors (Lipinski definition) is 6. The number of nitrogen functional groups attached to an aromatic ring is 1. The summed E-state index contributed by atoms with van der Waals surface area (Å²) >= 11 is 3.24. The molecule has 2 rings (SSSR count). The van der Waals surface area contributed by atoms with E-state index in [4.69, 9.17) is 10.5 Å². The lowest BCUT2D eigenvalue weighted by atomic mass is 10.3. The third-order valence-corrected chi connectivity index (χ3v) is 2.74. The van der Waals surface area contributed by atoms with Gasteiger partial charge in [0.1, 0.15) is 5.82 Å². The normalized spacial score (nSPS) is 10.3. The Kier molecular flexibility index (Phi) is 4.10. The average molecular weight is 328 g/mol. The summed E-state index contributed by atoms with van der Waals surface area (Å²) in [5.41, 5.74) is 6.16. The Morgan fingerprint density at radius 2 is 2.16 bits per heavy atom. The average Bonchev–Trinajstić information content (AvgIpc) is 2.32. The minimum absolute atomic E-state index is 0.0409. The SMILES string of the molecule is CCOc1nc(N)nc(Nc2ccc(F)cc2Br)n1. The first-order valence-corrected chi connectivity index (χ1v) is 6.24. The molecule has 0 bridgehead atoms. The minimum Gasteiger partial charge on any atom is -0.464 e. The van der Waals surface area contributed by atoms with Crippen LogP contribution >= 0.6 is 15.9 Å². The van der Waals surface area contributed by atoms with Gasteiger partial charge in [-0.25, -0.2) is 4.39 Å². The predicted octanol–water partition coefficient (Wildman–Crippen LogP) is 2.50. The van der Waals surface area contributed by atoms with Crippen LogP contribution in [0, 0.1) is 5.82 Å². The fraction of sp³-hybridized carbons (Fsp3) is 0.182. The molecule has 0 atom stereocenters. The molecule has 1 aromatic carbocycles. The van der Waals surface area contributed by atoms with Crippen LogP contribution in [0.3, 0.4) is 0 Å². The zero-order valence-electron chi connectivity index (χ0n) is 10.0. The minimum atomic E-state index is -0.345. The third-order valence-electron chi connectivity index (χ3n) is 2.08. The van der Waals surface area contributed by atoms with Crippen molar-refractivity contribution in [1.29, 1.82) is 0 Å². The summed E-state index contributed by atoms with van der Waals surface area (Å²) in [6.07, 6.45) is 0. The van der Waals surface area contributed by atoms with E-state index in [0.29, 0.717) is 16.8 Å². The number of aromatic nitrogens is 3. The van der Waals surface area contributed by atoms with Crippen molar-refractivity contribution in [2.45, 2.75) is 6.92 Å². The van der Waals surface area contributed by atoms with E-state index in [1.807, 2.05) is 6.92 Å². The van der Waals surface area contributed by atoms with Crippen molar-refractivity contribution < 1.29 is 9.13 Å². The van der Waals surface area contributed by atoms with Crippen molar-refractivity contribution in [3.63, 3.8) is 0 Å². The van der Waals surface area contributed by atoms with E-state index in [9.17, 15) is 4.39 Å². The number of ether oxygens (including phenoxy) is 1. The van der Waals surface area contributed by atoms with E-state index < -0.39 is 0 Å². The van der Waals surface area contributed by atoms with Crippen molar-refractivity contribution in [2.24, 2.45) is 0 Å². The van der Waals surface area contributed by atoms with Gasteiger partial charge in [-0.15, -0.1) is 0 Å². The summed E-state index contributed by atoms with van der Waals surface area (Å²) in [5, 5.41) is 2.90. The number of benzene rings is 1. The molecule has 0 unspecified atom stereocenters. The Morgan fingerprint density at radius 1 is 1.37 bits per heavy atom. The van der Waals surface area contributed by atoms with Gasteiger partial charge in [-0.05, 0) is 41.1 Å². The number of nitrogens with two attached hydrogens (primary N) is 1. The van der Waals surface area contributed by atoms with Gasteiger partial charge in [0.15, 0.2) is 0 Å². The standard InChI is InChI=1S/C11H11BrFN5O/c1-2-19-11-17-9(14)16-10(18-11)15-8-4-3-6(13)5-7(8)12/h3-5H,2H2,1H3,(H3,14,15,16,17,18). The Balaban J connectivity index is 2.27. The highest BCUT2D eigenvalue weighted by Gasteiger charge is 2.07. The Bertz CT molecular complexity index is 595. The van der Waals surface area contributed by atoms with Gasteiger partial charge in [0, 0.05) is 4.47 Å². The third kappa shape index (κ3) is 3.50. The molecule has 1 heterocycles. The maximum Gasteiger partial charge on any atom is 0.323 e. The van der Waals surface area contributed by atoms with Crippen LogP contribution in [0.2, 0.25) is 0 Å². The number of halogens is 2.